The molecule has 3 aromatic heterocycles. The standard InChI is InChI=1S/C24H27N5O/c1-30-20-16-23(21-14-18(6-8-25-21)28-10-2-3-11-28)27-24(17-20)22-15-19(7-9-26-22)29-12-4-5-13-29/h6-9,14-17H,2-5,10-13H2,1H3. The number of anilines is 2. The highest BCUT2D eigenvalue weighted by Crippen LogP contribution is 2.31. The number of methoxy groups -OCH3 is 1. The molecule has 3 aromatic rings. The molecule has 0 bridgehead atoms. The lowest BCUT2D eigenvalue weighted by molar-refractivity contribution is 0.414. The van der Waals surface area contributed by atoms with Gasteiger partial charge in [-0.3, -0.25) is 9.97 Å². The van der Waals surface area contributed by atoms with E-state index in [2.05, 4.69) is 44.0 Å². The number of pyridine rings is 3. The van der Waals surface area contributed by atoms with Gasteiger partial charge in [-0.05, 0) is 49.9 Å². The molecule has 0 saturated carbocycles. The molecule has 2 aliphatic rings. The third kappa shape index (κ3) is 3.82. The minimum absolute atomic E-state index is 0.761. The molecular formula is C24H27N5O. The fourth-order valence-electron chi connectivity index (χ4n) is 4.35. The average Bonchev–Trinajstić information content (AvgIpc) is 3.53. The Morgan fingerprint density at radius 3 is 1.57 bits per heavy atom. The van der Waals surface area contributed by atoms with Gasteiger partial charge in [0, 0.05) is 62.1 Å². The van der Waals surface area contributed by atoms with Crippen molar-refractivity contribution < 1.29 is 4.74 Å². The first kappa shape index (κ1) is 18.9. The molecule has 6 heteroatoms. The van der Waals surface area contributed by atoms with E-state index in [0.717, 1.165) is 54.7 Å². The first-order valence-electron chi connectivity index (χ1n) is 10.8. The Morgan fingerprint density at radius 2 is 1.13 bits per heavy atom. The third-order valence-corrected chi connectivity index (χ3v) is 5.99. The summed E-state index contributed by atoms with van der Waals surface area (Å²) in [5.74, 6) is 0.761. The number of ether oxygens (including phenoxy) is 1. The lowest BCUT2D eigenvalue weighted by Crippen LogP contribution is -2.17. The van der Waals surface area contributed by atoms with Crippen LogP contribution in [0, 0.1) is 0 Å². The molecule has 0 unspecified atom stereocenters. The van der Waals surface area contributed by atoms with Crippen LogP contribution < -0.4 is 14.5 Å². The van der Waals surface area contributed by atoms with Gasteiger partial charge in [0.15, 0.2) is 0 Å². The van der Waals surface area contributed by atoms with Crippen LogP contribution in [0.4, 0.5) is 11.4 Å². The summed E-state index contributed by atoms with van der Waals surface area (Å²) in [6.07, 6.45) is 8.74. The summed E-state index contributed by atoms with van der Waals surface area (Å²) in [6, 6.07) is 12.3. The summed E-state index contributed by atoms with van der Waals surface area (Å²) in [6.45, 7) is 4.42. The SMILES string of the molecule is COc1cc(-c2cc(N3CCCC3)ccn2)nc(-c2cc(N3CCCC3)ccn2)c1. The number of hydrogen-bond donors (Lipinski definition) is 0. The number of rotatable bonds is 5. The van der Waals surface area contributed by atoms with E-state index in [1.165, 1.54) is 37.1 Å². The Labute approximate surface area is 177 Å². The van der Waals surface area contributed by atoms with E-state index >= 15 is 0 Å². The van der Waals surface area contributed by atoms with Crippen molar-refractivity contribution in [1.82, 2.24) is 15.0 Å². The molecule has 6 nitrogen and oxygen atoms in total. The molecule has 0 aliphatic carbocycles. The summed E-state index contributed by atoms with van der Waals surface area (Å²) in [7, 11) is 1.69. The highest BCUT2D eigenvalue weighted by Gasteiger charge is 2.16. The summed E-state index contributed by atoms with van der Waals surface area (Å²) in [5, 5.41) is 0. The molecule has 0 aromatic carbocycles. The Morgan fingerprint density at radius 1 is 0.667 bits per heavy atom. The van der Waals surface area contributed by atoms with E-state index in [-0.39, 0.29) is 0 Å². The first-order valence-corrected chi connectivity index (χ1v) is 10.8. The van der Waals surface area contributed by atoms with Crippen LogP contribution in [-0.4, -0.2) is 48.2 Å². The Kier molecular flexibility index (Phi) is 5.22. The molecule has 2 aliphatic heterocycles. The van der Waals surface area contributed by atoms with Gasteiger partial charge in [-0.2, -0.15) is 0 Å². The van der Waals surface area contributed by atoms with Crippen molar-refractivity contribution in [3.05, 3.63) is 48.8 Å². The zero-order chi connectivity index (χ0) is 20.3. The van der Waals surface area contributed by atoms with Gasteiger partial charge < -0.3 is 14.5 Å². The van der Waals surface area contributed by atoms with Gasteiger partial charge >= 0.3 is 0 Å². The molecule has 0 atom stereocenters. The van der Waals surface area contributed by atoms with Crippen molar-refractivity contribution in [2.24, 2.45) is 0 Å². The topological polar surface area (TPSA) is 54.4 Å². The second-order valence-electron chi connectivity index (χ2n) is 7.96. The van der Waals surface area contributed by atoms with E-state index in [4.69, 9.17) is 9.72 Å². The maximum Gasteiger partial charge on any atom is 0.123 e. The maximum atomic E-state index is 5.58. The molecule has 2 saturated heterocycles. The number of hydrogen-bond acceptors (Lipinski definition) is 6. The molecule has 30 heavy (non-hydrogen) atoms. The van der Waals surface area contributed by atoms with Gasteiger partial charge in [0.2, 0.25) is 0 Å². The van der Waals surface area contributed by atoms with Gasteiger partial charge in [0.25, 0.3) is 0 Å². The van der Waals surface area contributed by atoms with E-state index in [9.17, 15) is 0 Å². The molecule has 0 spiro atoms. The summed E-state index contributed by atoms with van der Waals surface area (Å²) in [5.41, 5.74) is 5.73. The zero-order valence-corrected chi connectivity index (χ0v) is 17.4. The molecule has 0 N–H and O–H groups in total. The molecule has 154 valence electrons. The smallest absolute Gasteiger partial charge is 0.123 e. The van der Waals surface area contributed by atoms with Crippen molar-refractivity contribution >= 4 is 11.4 Å². The molecule has 5 rings (SSSR count). The monoisotopic (exact) mass is 401 g/mol. The minimum atomic E-state index is 0.761. The van der Waals surface area contributed by atoms with E-state index in [0.29, 0.717) is 0 Å². The lowest BCUT2D eigenvalue weighted by atomic mass is 10.1. The Balaban J connectivity index is 1.52. The molecule has 0 amide bonds. The zero-order valence-electron chi connectivity index (χ0n) is 17.4. The van der Waals surface area contributed by atoms with E-state index in [1.807, 2.05) is 24.5 Å². The summed E-state index contributed by atoms with van der Waals surface area (Å²) >= 11 is 0. The number of nitrogens with zero attached hydrogens (tertiary/aromatic N) is 5. The van der Waals surface area contributed by atoms with Crippen LogP contribution in [0.5, 0.6) is 5.75 Å². The van der Waals surface area contributed by atoms with Crippen molar-refractivity contribution in [2.45, 2.75) is 25.7 Å². The molecule has 2 fully saturated rings. The van der Waals surface area contributed by atoms with Gasteiger partial charge in [-0.15, -0.1) is 0 Å². The average molecular weight is 402 g/mol. The second-order valence-corrected chi connectivity index (χ2v) is 7.96. The van der Waals surface area contributed by atoms with Crippen molar-refractivity contribution in [3.63, 3.8) is 0 Å². The summed E-state index contributed by atoms with van der Waals surface area (Å²) in [4.78, 5) is 18.9. The van der Waals surface area contributed by atoms with Gasteiger partial charge in [-0.1, -0.05) is 0 Å². The van der Waals surface area contributed by atoms with Crippen LogP contribution >= 0.6 is 0 Å². The minimum Gasteiger partial charge on any atom is -0.497 e. The van der Waals surface area contributed by atoms with Gasteiger partial charge in [0.05, 0.1) is 29.9 Å². The predicted octanol–water partition coefficient (Wildman–Crippen LogP) is 4.41. The van der Waals surface area contributed by atoms with Crippen LogP contribution in [0.15, 0.2) is 48.8 Å². The lowest BCUT2D eigenvalue weighted by Gasteiger charge is -2.18. The fourth-order valence-corrected chi connectivity index (χ4v) is 4.35. The summed E-state index contributed by atoms with van der Waals surface area (Å²) < 4.78 is 5.58. The maximum absolute atomic E-state index is 5.58. The first-order chi connectivity index (χ1) is 14.8. The fraction of sp³-hybridized carbons (Fsp3) is 0.375. The molecule has 5 heterocycles. The Bertz CT molecular complexity index is 948. The molecular weight excluding hydrogens is 374 g/mol. The molecule has 0 radical (unpaired) electrons. The van der Waals surface area contributed by atoms with E-state index in [1.54, 1.807) is 7.11 Å². The van der Waals surface area contributed by atoms with Crippen molar-refractivity contribution in [3.8, 4) is 28.5 Å². The van der Waals surface area contributed by atoms with Gasteiger partial charge in [-0.25, -0.2) is 4.98 Å². The highest BCUT2D eigenvalue weighted by molar-refractivity contribution is 5.69. The highest BCUT2D eigenvalue weighted by atomic mass is 16.5. The number of aromatic nitrogens is 3. The van der Waals surface area contributed by atoms with E-state index < -0.39 is 0 Å². The van der Waals surface area contributed by atoms with Crippen molar-refractivity contribution in [1.29, 1.82) is 0 Å². The Hall–Kier alpha value is -3.15. The normalized spacial score (nSPS) is 16.3. The largest absolute Gasteiger partial charge is 0.497 e. The third-order valence-electron chi connectivity index (χ3n) is 5.99. The van der Waals surface area contributed by atoms with Crippen LogP contribution in [-0.2, 0) is 0 Å². The quantitative estimate of drug-likeness (QED) is 0.631. The predicted molar refractivity (Wildman–Crippen MR) is 120 cm³/mol. The second kappa shape index (κ2) is 8.30. The van der Waals surface area contributed by atoms with Crippen LogP contribution in [0.1, 0.15) is 25.7 Å². The van der Waals surface area contributed by atoms with Crippen LogP contribution in [0.3, 0.4) is 0 Å². The van der Waals surface area contributed by atoms with Crippen molar-refractivity contribution in [2.75, 3.05) is 43.1 Å². The van der Waals surface area contributed by atoms with Gasteiger partial charge in [0.1, 0.15) is 5.75 Å². The van der Waals surface area contributed by atoms with Crippen LogP contribution in [0.25, 0.3) is 22.8 Å². The van der Waals surface area contributed by atoms with Crippen LogP contribution in [0.2, 0.25) is 0 Å².